The van der Waals surface area contributed by atoms with Gasteiger partial charge in [-0.2, -0.15) is 0 Å². The summed E-state index contributed by atoms with van der Waals surface area (Å²) in [4.78, 5) is 37.6. The molecule has 1 amide bonds. The third-order valence-electron chi connectivity index (χ3n) is 4.35. The fourth-order valence-electron chi connectivity index (χ4n) is 2.93. The molecule has 1 heterocycles. The van der Waals surface area contributed by atoms with E-state index in [1.54, 1.807) is 12.1 Å². The second-order valence-corrected chi connectivity index (χ2v) is 8.20. The predicted octanol–water partition coefficient (Wildman–Crippen LogP) is 4.33. The van der Waals surface area contributed by atoms with Gasteiger partial charge in [-0.05, 0) is 42.5 Å². The zero-order valence-corrected chi connectivity index (χ0v) is 16.1. The molecule has 2 unspecified atom stereocenters. The minimum atomic E-state index is -0.948. The first-order valence-corrected chi connectivity index (χ1v) is 10.4. The highest BCUT2D eigenvalue weighted by Gasteiger charge is 2.33. The molecule has 0 aliphatic heterocycles. The molecule has 1 aliphatic carbocycles. The Labute approximate surface area is 165 Å². The third kappa shape index (κ3) is 5.08. The van der Waals surface area contributed by atoms with Crippen molar-refractivity contribution in [2.75, 3.05) is 11.1 Å². The average molecular weight is 402 g/mol. The Morgan fingerprint density at radius 2 is 1.89 bits per heavy atom. The van der Waals surface area contributed by atoms with E-state index < -0.39 is 17.8 Å². The molecule has 3 rings (SSSR count). The van der Waals surface area contributed by atoms with Gasteiger partial charge in [0, 0.05) is 10.6 Å². The molecular weight excluding hydrogens is 382 g/mol. The lowest BCUT2D eigenvalue weighted by atomic mass is 9.82. The summed E-state index contributed by atoms with van der Waals surface area (Å²) in [6, 6.07) is 10.9. The number of allylic oxidation sites excluding steroid dienone is 2. The molecule has 1 aromatic heterocycles. The number of benzene rings is 1. The summed E-state index contributed by atoms with van der Waals surface area (Å²) < 4.78 is 0. The lowest BCUT2D eigenvalue weighted by Crippen LogP contribution is -2.34. The minimum Gasteiger partial charge on any atom is -0.481 e. The minimum absolute atomic E-state index is 0.0720. The van der Waals surface area contributed by atoms with Crippen molar-refractivity contribution in [2.45, 2.75) is 17.7 Å². The molecule has 2 N–H and O–H groups in total. The summed E-state index contributed by atoms with van der Waals surface area (Å²) in [5, 5.41) is 14.0. The lowest BCUT2D eigenvalue weighted by molar-refractivity contribution is -0.146. The predicted molar refractivity (Wildman–Crippen MR) is 107 cm³/mol. The van der Waals surface area contributed by atoms with Crippen molar-refractivity contribution in [3.8, 4) is 0 Å². The average Bonchev–Trinajstić information content (AvgIpc) is 3.21. The van der Waals surface area contributed by atoms with E-state index in [0.717, 1.165) is 9.77 Å². The maximum atomic E-state index is 12.5. The first kappa shape index (κ1) is 19.4. The summed E-state index contributed by atoms with van der Waals surface area (Å²) in [6.07, 6.45) is 4.46. The zero-order chi connectivity index (χ0) is 19.2. The molecule has 2 atom stereocenters. The number of ketones is 1. The highest BCUT2D eigenvalue weighted by atomic mass is 32.2. The number of Topliss-reactive ketones (excluding diaryl/α,β-unsaturated/α-hetero) is 1. The lowest BCUT2D eigenvalue weighted by Gasteiger charge is -2.24. The number of thiophene rings is 1. The van der Waals surface area contributed by atoms with Crippen LogP contribution in [0.1, 0.15) is 22.5 Å². The molecule has 1 aliphatic rings. The number of hydrogen-bond acceptors (Lipinski definition) is 5. The van der Waals surface area contributed by atoms with Gasteiger partial charge in [0.15, 0.2) is 5.78 Å². The van der Waals surface area contributed by atoms with Crippen LogP contribution in [0.4, 0.5) is 5.69 Å². The Balaban J connectivity index is 1.61. The van der Waals surface area contributed by atoms with E-state index in [-0.39, 0.29) is 11.7 Å². The number of carbonyl (C=O) groups is 3. The van der Waals surface area contributed by atoms with Gasteiger partial charge in [-0.1, -0.05) is 24.3 Å². The van der Waals surface area contributed by atoms with Crippen LogP contribution >= 0.6 is 23.1 Å². The number of amides is 1. The normalized spacial score (nSPS) is 18.8. The van der Waals surface area contributed by atoms with Crippen LogP contribution < -0.4 is 5.32 Å². The molecule has 140 valence electrons. The summed E-state index contributed by atoms with van der Waals surface area (Å²) in [7, 11) is 0. The van der Waals surface area contributed by atoms with Crippen LogP contribution in [0.25, 0.3) is 0 Å². The number of carbonyl (C=O) groups excluding carboxylic acids is 2. The van der Waals surface area contributed by atoms with Gasteiger partial charge in [-0.25, -0.2) is 0 Å². The SMILES string of the molecule is O=C(CSc1cccc(NC(=O)C2CC=CCC2C(=O)O)c1)c1cccs1. The van der Waals surface area contributed by atoms with Crippen LogP contribution in [0.15, 0.2) is 58.8 Å². The fourth-order valence-corrected chi connectivity index (χ4v) is 4.53. The highest BCUT2D eigenvalue weighted by molar-refractivity contribution is 8.00. The van der Waals surface area contributed by atoms with Gasteiger partial charge < -0.3 is 10.4 Å². The number of thioether (sulfide) groups is 1. The number of rotatable bonds is 7. The standard InChI is InChI=1S/C20H19NO4S2/c22-17(18-9-4-10-26-18)12-27-14-6-3-5-13(11-14)21-19(23)15-7-1-2-8-16(15)20(24)25/h1-6,9-11,15-16H,7-8,12H2,(H,21,23)(H,24,25). The van der Waals surface area contributed by atoms with Gasteiger partial charge in [-0.15, -0.1) is 23.1 Å². The van der Waals surface area contributed by atoms with Crippen LogP contribution in [-0.2, 0) is 9.59 Å². The van der Waals surface area contributed by atoms with Gasteiger partial charge in [0.05, 0.1) is 22.5 Å². The molecule has 0 spiro atoms. The quantitative estimate of drug-likeness (QED) is 0.410. The van der Waals surface area contributed by atoms with Crippen LogP contribution in [0, 0.1) is 11.8 Å². The molecule has 5 nitrogen and oxygen atoms in total. The van der Waals surface area contributed by atoms with Crippen molar-refractivity contribution in [3.63, 3.8) is 0 Å². The number of aliphatic carboxylic acids is 1. The third-order valence-corrected chi connectivity index (χ3v) is 6.26. The van der Waals surface area contributed by atoms with E-state index in [1.807, 2.05) is 41.8 Å². The van der Waals surface area contributed by atoms with Crippen LogP contribution in [-0.4, -0.2) is 28.5 Å². The Kier molecular flexibility index (Phi) is 6.47. The van der Waals surface area contributed by atoms with E-state index in [1.165, 1.54) is 23.1 Å². The Bertz CT molecular complexity index is 861. The second kappa shape index (κ2) is 9.01. The molecule has 0 bridgehead atoms. The fraction of sp³-hybridized carbons (Fsp3) is 0.250. The summed E-state index contributed by atoms with van der Waals surface area (Å²) >= 11 is 2.83. The van der Waals surface area contributed by atoms with Crippen LogP contribution in [0.5, 0.6) is 0 Å². The van der Waals surface area contributed by atoms with E-state index >= 15 is 0 Å². The van der Waals surface area contributed by atoms with Crippen molar-refractivity contribution in [2.24, 2.45) is 11.8 Å². The molecule has 7 heteroatoms. The maximum absolute atomic E-state index is 12.5. The number of nitrogens with one attached hydrogen (secondary N) is 1. The number of hydrogen-bond donors (Lipinski definition) is 2. The molecule has 2 aromatic rings. The summed E-state index contributed by atoms with van der Waals surface area (Å²) in [5.74, 6) is -2.12. The molecule has 0 saturated carbocycles. The van der Waals surface area contributed by atoms with Gasteiger partial charge in [-0.3, -0.25) is 14.4 Å². The highest BCUT2D eigenvalue weighted by Crippen LogP contribution is 2.28. The van der Waals surface area contributed by atoms with E-state index in [4.69, 9.17) is 0 Å². The molecule has 0 radical (unpaired) electrons. The largest absolute Gasteiger partial charge is 0.481 e. The zero-order valence-electron chi connectivity index (χ0n) is 14.5. The summed E-state index contributed by atoms with van der Waals surface area (Å²) in [6.45, 7) is 0. The Morgan fingerprint density at radius 1 is 1.11 bits per heavy atom. The van der Waals surface area contributed by atoms with E-state index in [9.17, 15) is 19.5 Å². The smallest absolute Gasteiger partial charge is 0.307 e. The van der Waals surface area contributed by atoms with Gasteiger partial charge in [0.25, 0.3) is 0 Å². The van der Waals surface area contributed by atoms with Crippen molar-refractivity contribution < 1.29 is 19.5 Å². The summed E-state index contributed by atoms with van der Waals surface area (Å²) in [5.41, 5.74) is 0.604. The van der Waals surface area contributed by atoms with E-state index in [0.29, 0.717) is 24.3 Å². The number of carboxylic acid groups (broad SMARTS) is 1. The molecule has 0 saturated heterocycles. The molecule has 0 fully saturated rings. The van der Waals surface area contributed by atoms with Crippen molar-refractivity contribution in [3.05, 3.63) is 58.8 Å². The van der Waals surface area contributed by atoms with Crippen molar-refractivity contribution in [1.82, 2.24) is 0 Å². The molecular formula is C20H19NO4S2. The first-order chi connectivity index (χ1) is 13.0. The van der Waals surface area contributed by atoms with Crippen LogP contribution in [0.2, 0.25) is 0 Å². The molecule has 27 heavy (non-hydrogen) atoms. The van der Waals surface area contributed by atoms with Crippen LogP contribution in [0.3, 0.4) is 0 Å². The van der Waals surface area contributed by atoms with E-state index in [2.05, 4.69) is 5.32 Å². The Morgan fingerprint density at radius 3 is 2.59 bits per heavy atom. The molecule has 1 aromatic carbocycles. The first-order valence-electron chi connectivity index (χ1n) is 8.53. The second-order valence-electron chi connectivity index (χ2n) is 6.20. The Hall–Kier alpha value is -2.38. The van der Waals surface area contributed by atoms with Crippen molar-refractivity contribution in [1.29, 1.82) is 0 Å². The number of carboxylic acids is 1. The van der Waals surface area contributed by atoms with Gasteiger partial charge >= 0.3 is 5.97 Å². The van der Waals surface area contributed by atoms with Crippen molar-refractivity contribution >= 4 is 46.4 Å². The number of anilines is 1. The van der Waals surface area contributed by atoms with Gasteiger partial charge in [0.2, 0.25) is 5.91 Å². The van der Waals surface area contributed by atoms with Gasteiger partial charge in [0.1, 0.15) is 0 Å². The monoisotopic (exact) mass is 401 g/mol. The topological polar surface area (TPSA) is 83.5 Å². The maximum Gasteiger partial charge on any atom is 0.307 e.